The number of oxazole rings is 1. The SMILES string of the molecule is O=C(Nc1nc2cc(Cl)ccc2o1)Oc1ccccc1. The van der Waals surface area contributed by atoms with Gasteiger partial charge in [-0.3, -0.25) is 0 Å². The third-order valence-electron chi connectivity index (χ3n) is 2.51. The first-order valence-corrected chi connectivity index (χ1v) is 6.18. The number of hydrogen-bond donors (Lipinski definition) is 1. The summed E-state index contributed by atoms with van der Waals surface area (Å²) in [4.78, 5) is 15.8. The number of rotatable bonds is 2. The predicted octanol–water partition coefficient (Wildman–Crippen LogP) is 4.09. The number of amides is 1. The third kappa shape index (κ3) is 2.73. The van der Waals surface area contributed by atoms with Gasteiger partial charge in [-0.1, -0.05) is 29.8 Å². The van der Waals surface area contributed by atoms with Crippen molar-refractivity contribution in [3.8, 4) is 5.75 Å². The van der Waals surface area contributed by atoms with Crippen molar-refractivity contribution >= 4 is 34.8 Å². The molecule has 0 atom stereocenters. The maximum absolute atomic E-state index is 11.7. The second kappa shape index (κ2) is 5.22. The minimum atomic E-state index is -0.672. The number of carbonyl (C=O) groups is 1. The number of fused-ring (bicyclic) bond motifs is 1. The van der Waals surface area contributed by atoms with Gasteiger partial charge >= 0.3 is 12.1 Å². The lowest BCUT2D eigenvalue weighted by Gasteiger charge is -2.02. The van der Waals surface area contributed by atoms with E-state index < -0.39 is 6.09 Å². The van der Waals surface area contributed by atoms with Crippen LogP contribution in [-0.2, 0) is 0 Å². The van der Waals surface area contributed by atoms with E-state index in [0.717, 1.165) is 0 Å². The van der Waals surface area contributed by atoms with Crippen LogP contribution in [-0.4, -0.2) is 11.1 Å². The lowest BCUT2D eigenvalue weighted by molar-refractivity contribution is 0.214. The van der Waals surface area contributed by atoms with Crippen molar-refractivity contribution in [3.63, 3.8) is 0 Å². The highest BCUT2D eigenvalue weighted by atomic mass is 35.5. The topological polar surface area (TPSA) is 64.4 Å². The van der Waals surface area contributed by atoms with Gasteiger partial charge in [0.25, 0.3) is 0 Å². The van der Waals surface area contributed by atoms with Gasteiger partial charge in [0.1, 0.15) is 11.3 Å². The van der Waals surface area contributed by atoms with Crippen molar-refractivity contribution in [3.05, 3.63) is 53.6 Å². The third-order valence-corrected chi connectivity index (χ3v) is 2.75. The summed E-state index contributed by atoms with van der Waals surface area (Å²) in [7, 11) is 0. The summed E-state index contributed by atoms with van der Waals surface area (Å²) in [5, 5.41) is 2.96. The predicted molar refractivity (Wildman–Crippen MR) is 75.1 cm³/mol. The summed E-state index contributed by atoms with van der Waals surface area (Å²) in [6.45, 7) is 0. The number of benzene rings is 2. The molecule has 100 valence electrons. The Bertz CT molecular complexity index is 755. The summed E-state index contributed by atoms with van der Waals surface area (Å²) in [5.74, 6) is 0.434. The van der Waals surface area contributed by atoms with Crippen LogP contribution >= 0.6 is 11.6 Å². The highest BCUT2D eigenvalue weighted by Crippen LogP contribution is 2.22. The molecule has 1 N–H and O–H groups in total. The van der Waals surface area contributed by atoms with Crippen LogP contribution in [0.1, 0.15) is 0 Å². The van der Waals surface area contributed by atoms with Crippen LogP contribution < -0.4 is 10.1 Å². The van der Waals surface area contributed by atoms with Crippen molar-refractivity contribution < 1.29 is 13.9 Å². The lowest BCUT2D eigenvalue weighted by atomic mass is 10.3. The van der Waals surface area contributed by atoms with E-state index >= 15 is 0 Å². The zero-order valence-electron chi connectivity index (χ0n) is 10.2. The van der Waals surface area contributed by atoms with Crippen LogP contribution in [0, 0.1) is 0 Å². The Morgan fingerprint density at radius 1 is 1.20 bits per heavy atom. The van der Waals surface area contributed by atoms with Crippen molar-refractivity contribution in [2.24, 2.45) is 0 Å². The zero-order valence-corrected chi connectivity index (χ0v) is 10.9. The van der Waals surface area contributed by atoms with Gasteiger partial charge in [0.15, 0.2) is 5.58 Å². The molecule has 3 aromatic rings. The van der Waals surface area contributed by atoms with Gasteiger partial charge < -0.3 is 9.15 Å². The Hall–Kier alpha value is -2.53. The molecule has 5 nitrogen and oxygen atoms in total. The van der Waals surface area contributed by atoms with E-state index in [1.807, 2.05) is 6.07 Å². The first-order valence-electron chi connectivity index (χ1n) is 5.81. The van der Waals surface area contributed by atoms with E-state index in [0.29, 0.717) is 21.9 Å². The van der Waals surface area contributed by atoms with Crippen LogP contribution in [0.2, 0.25) is 5.02 Å². The first kappa shape index (κ1) is 12.5. The molecule has 0 saturated heterocycles. The van der Waals surface area contributed by atoms with Crippen molar-refractivity contribution in [2.75, 3.05) is 5.32 Å². The molecule has 1 heterocycles. The van der Waals surface area contributed by atoms with E-state index in [2.05, 4.69) is 10.3 Å². The van der Waals surface area contributed by atoms with E-state index in [1.165, 1.54) is 0 Å². The molecule has 0 fully saturated rings. The van der Waals surface area contributed by atoms with Crippen LogP contribution in [0.3, 0.4) is 0 Å². The normalized spacial score (nSPS) is 10.4. The molecule has 1 aromatic heterocycles. The average molecular weight is 289 g/mol. The lowest BCUT2D eigenvalue weighted by Crippen LogP contribution is -2.16. The average Bonchev–Trinajstić information content (AvgIpc) is 2.80. The number of para-hydroxylation sites is 1. The van der Waals surface area contributed by atoms with Gasteiger partial charge in [0, 0.05) is 5.02 Å². The Labute approximate surface area is 119 Å². The van der Waals surface area contributed by atoms with Crippen molar-refractivity contribution in [2.45, 2.75) is 0 Å². The number of aromatic nitrogens is 1. The second-order valence-corrected chi connectivity index (χ2v) is 4.40. The molecular formula is C14H9ClN2O3. The molecule has 1 amide bonds. The van der Waals surface area contributed by atoms with Gasteiger partial charge in [-0.25, -0.2) is 10.1 Å². The molecule has 3 rings (SSSR count). The van der Waals surface area contributed by atoms with Crippen LogP contribution in [0.25, 0.3) is 11.1 Å². The Morgan fingerprint density at radius 2 is 2.00 bits per heavy atom. The second-order valence-electron chi connectivity index (χ2n) is 3.96. The summed E-state index contributed by atoms with van der Waals surface area (Å²) < 4.78 is 10.4. The molecule has 0 spiro atoms. The molecule has 0 radical (unpaired) electrons. The summed E-state index contributed by atoms with van der Waals surface area (Å²) in [6, 6.07) is 13.8. The standard InChI is InChI=1S/C14H9ClN2O3/c15-9-6-7-12-11(8-9)16-13(20-12)17-14(18)19-10-4-2-1-3-5-10/h1-8H,(H,16,17,18). The van der Waals surface area contributed by atoms with E-state index in [9.17, 15) is 4.79 Å². The Kier molecular flexibility index (Phi) is 3.26. The summed E-state index contributed by atoms with van der Waals surface area (Å²) in [5.41, 5.74) is 1.09. The molecule has 2 aromatic carbocycles. The number of anilines is 1. The van der Waals surface area contributed by atoms with E-state index in [1.54, 1.807) is 42.5 Å². The number of carbonyl (C=O) groups excluding carboxylic acids is 1. The van der Waals surface area contributed by atoms with E-state index in [4.69, 9.17) is 20.8 Å². The maximum Gasteiger partial charge on any atom is 0.420 e. The minimum absolute atomic E-state index is 0.0585. The number of ether oxygens (including phenoxy) is 1. The number of halogens is 1. The molecule has 0 aliphatic heterocycles. The number of nitrogens with zero attached hydrogens (tertiary/aromatic N) is 1. The quantitative estimate of drug-likeness (QED) is 0.771. The summed E-state index contributed by atoms with van der Waals surface area (Å²) >= 11 is 5.85. The number of hydrogen-bond acceptors (Lipinski definition) is 4. The zero-order chi connectivity index (χ0) is 13.9. The molecular weight excluding hydrogens is 280 g/mol. The number of nitrogens with one attached hydrogen (secondary N) is 1. The van der Waals surface area contributed by atoms with Gasteiger partial charge in [0.05, 0.1) is 0 Å². The Morgan fingerprint density at radius 3 is 2.80 bits per heavy atom. The van der Waals surface area contributed by atoms with Gasteiger partial charge in [-0.15, -0.1) is 0 Å². The largest absolute Gasteiger partial charge is 0.423 e. The molecule has 0 unspecified atom stereocenters. The molecule has 20 heavy (non-hydrogen) atoms. The molecule has 6 heteroatoms. The van der Waals surface area contributed by atoms with Crippen molar-refractivity contribution in [1.82, 2.24) is 4.98 Å². The highest BCUT2D eigenvalue weighted by molar-refractivity contribution is 6.31. The Balaban J connectivity index is 1.74. The smallest absolute Gasteiger partial charge is 0.420 e. The molecule has 0 bridgehead atoms. The van der Waals surface area contributed by atoms with Gasteiger partial charge in [-0.05, 0) is 30.3 Å². The molecule has 0 aliphatic carbocycles. The van der Waals surface area contributed by atoms with Crippen LogP contribution in [0.5, 0.6) is 5.75 Å². The molecule has 0 saturated carbocycles. The van der Waals surface area contributed by atoms with E-state index in [-0.39, 0.29) is 6.01 Å². The monoisotopic (exact) mass is 288 g/mol. The fourth-order valence-electron chi connectivity index (χ4n) is 1.66. The fraction of sp³-hybridized carbons (Fsp3) is 0. The van der Waals surface area contributed by atoms with Gasteiger partial charge in [0.2, 0.25) is 0 Å². The minimum Gasteiger partial charge on any atom is -0.423 e. The highest BCUT2D eigenvalue weighted by Gasteiger charge is 2.11. The van der Waals surface area contributed by atoms with Crippen LogP contribution in [0.15, 0.2) is 52.9 Å². The van der Waals surface area contributed by atoms with Crippen LogP contribution in [0.4, 0.5) is 10.8 Å². The molecule has 0 aliphatic rings. The summed E-state index contributed by atoms with van der Waals surface area (Å²) in [6.07, 6.45) is -0.672. The van der Waals surface area contributed by atoms with Gasteiger partial charge in [-0.2, -0.15) is 4.98 Å². The fourth-order valence-corrected chi connectivity index (χ4v) is 1.83. The first-order chi connectivity index (χ1) is 9.70. The maximum atomic E-state index is 11.7. The van der Waals surface area contributed by atoms with Crippen molar-refractivity contribution in [1.29, 1.82) is 0 Å².